The zero-order valence-corrected chi connectivity index (χ0v) is 9.16. The normalized spacial score (nSPS) is 19.2. The number of carbonyl (C=O) groups is 1. The van der Waals surface area contributed by atoms with E-state index in [1.165, 1.54) is 0 Å². The molecule has 1 aliphatic rings. The smallest absolute Gasteiger partial charge is 0.237 e. The molecule has 1 fully saturated rings. The number of hydrogen-bond donors (Lipinski definition) is 1. The zero-order valence-electron chi connectivity index (χ0n) is 9.16. The number of nitrogens with zero attached hydrogens (tertiary/aromatic N) is 1. The third kappa shape index (κ3) is 3.88. The fourth-order valence-electron chi connectivity index (χ4n) is 1.65. The van der Waals surface area contributed by atoms with Crippen LogP contribution in [-0.2, 0) is 9.53 Å². The van der Waals surface area contributed by atoms with Gasteiger partial charge in [-0.15, -0.1) is 0 Å². The van der Waals surface area contributed by atoms with Crippen molar-refractivity contribution < 1.29 is 9.53 Å². The molecule has 4 heteroatoms. The van der Waals surface area contributed by atoms with Gasteiger partial charge in [-0.1, -0.05) is 6.92 Å². The number of hydrogen-bond acceptors (Lipinski definition) is 3. The van der Waals surface area contributed by atoms with Crippen LogP contribution >= 0.6 is 0 Å². The summed E-state index contributed by atoms with van der Waals surface area (Å²) in [6.07, 6.45) is 2.59. The number of ether oxygens (including phenoxy) is 1. The summed E-state index contributed by atoms with van der Waals surface area (Å²) < 4.78 is 5.23. The minimum Gasteiger partial charge on any atom is -0.381 e. The Morgan fingerprint density at radius 3 is 2.80 bits per heavy atom. The number of nitriles is 1. The van der Waals surface area contributed by atoms with Crippen molar-refractivity contribution in [3.63, 3.8) is 0 Å². The van der Waals surface area contributed by atoms with Crippen LogP contribution in [0.1, 0.15) is 26.2 Å². The van der Waals surface area contributed by atoms with E-state index in [0.29, 0.717) is 18.9 Å². The average Bonchev–Trinajstić information content (AvgIpc) is 2.29. The highest BCUT2D eigenvalue weighted by Crippen LogP contribution is 2.13. The second-order valence-electron chi connectivity index (χ2n) is 3.89. The predicted molar refractivity (Wildman–Crippen MR) is 55.9 cm³/mol. The van der Waals surface area contributed by atoms with Gasteiger partial charge in [-0.3, -0.25) is 4.79 Å². The Labute approximate surface area is 90.6 Å². The van der Waals surface area contributed by atoms with Crippen LogP contribution in [-0.4, -0.2) is 25.7 Å². The first kappa shape index (κ1) is 12.0. The topological polar surface area (TPSA) is 62.1 Å². The first-order valence-electron chi connectivity index (χ1n) is 5.53. The summed E-state index contributed by atoms with van der Waals surface area (Å²) >= 11 is 0. The molecule has 1 unspecified atom stereocenters. The first-order valence-corrected chi connectivity index (χ1v) is 5.53. The van der Waals surface area contributed by atoms with Crippen LogP contribution in [0.15, 0.2) is 0 Å². The second kappa shape index (κ2) is 6.41. The van der Waals surface area contributed by atoms with E-state index < -0.39 is 5.92 Å². The van der Waals surface area contributed by atoms with E-state index in [-0.39, 0.29) is 5.91 Å². The lowest BCUT2D eigenvalue weighted by Gasteiger charge is -2.22. The Kier molecular flexibility index (Phi) is 5.13. The van der Waals surface area contributed by atoms with E-state index >= 15 is 0 Å². The van der Waals surface area contributed by atoms with Crippen LogP contribution < -0.4 is 5.32 Å². The molecule has 0 aromatic carbocycles. The van der Waals surface area contributed by atoms with Gasteiger partial charge in [0.1, 0.15) is 5.92 Å². The van der Waals surface area contributed by atoms with Crippen molar-refractivity contribution in [3.8, 4) is 6.07 Å². The number of amides is 1. The fourth-order valence-corrected chi connectivity index (χ4v) is 1.65. The second-order valence-corrected chi connectivity index (χ2v) is 3.89. The molecule has 15 heavy (non-hydrogen) atoms. The maximum absolute atomic E-state index is 11.5. The minimum atomic E-state index is -0.496. The van der Waals surface area contributed by atoms with Crippen LogP contribution in [0.5, 0.6) is 0 Å². The molecule has 0 bridgehead atoms. The Balaban J connectivity index is 2.23. The molecular formula is C11H18N2O2. The van der Waals surface area contributed by atoms with Crippen molar-refractivity contribution in [2.24, 2.45) is 11.8 Å². The van der Waals surface area contributed by atoms with E-state index in [0.717, 1.165) is 26.1 Å². The Bertz CT molecular complexity index is 241. The van der Waals surface area contributed by atoms with Crippen molar-refractivity contribution >= 4 is 5.91 Å². The third-order valence-corrected chi connectivity index (χ3v) is 2.79. The highest BCUT2D eigenvalue weighted by Gasteiger charge is 2.18. The minimum absolute atomic E-state index is 0.133. The van der Waals surface area contributed by atoms with Gasteiger partial charge in [-0.05, 0) is 25.2 Å². The van der Waals surface area contributed by atoms with Crippen molar-refractivity contribution in [3.05, 3.63) is 0 Å². The third-order valence-electron chi connectivity index (χ3n) is 2.79. The van der Waals surface area contributed by atoms with E-state index in [1.54, 1.807) is 0 Å². The molecule has 4 nitrogen and oxygen atoms in total. The van der Waals surface area contributed by atoms with Crippen LogP contribution in [0.2, 0.25) is 0 Å². The molecular weight excluding hydrogens is 192 g/mol. The van der Waals surface area contributed by atoms with Gasteiger partial charge >= 0.3 is 0 Å². The summed E-state index contributed by atoms with van der Waals surface area (Å²) in [7, 11) is 0. The standard InChI is InChI=1S/C11H18N2O2/c1-2-10(7-12)11(14)13-8-9-3-5-15-6-4-9/h9-10H,2-6,8H2,1H3,(H,13,14). The van der Waals surface area contributed by atoms with Crippen LogP contribution in [0, 0.1) is 23.2 Å². The summed E-state index contributed by atoms with van der Waals surface area (Å²) in [6, 6.07) is 2.00. The van der Waals surface area contributed by atoms with Crippen molar-refractivity contribution in [2.75, 3.05) is 19.8 Å². The van der Waals surface area contributed by atoms with E-state index in [4.69, 9.17) is 10.00 Å². The molecule has 1 N–H and O–H groups in total. The molecule has 84 valence electrons. The molecule has 1 saturated heterocycles. The zero-order chi connectivity index (χ0) is 11.1. The summed E-state index contributed by atoms with van der Waals surface area (Å²) in [5, 5.41) is 11.5. The van der Waals surface area contributed by atoms with E-state index in [2.05, 4.69) is 5.32 Å². The van der Waals surface area contributed by atoms with Gasteiger partial charge in [0.2, 0.25) is 5.91 Å². The molecule has 0 aliphatic carbocycles. The molecule has 0 spiro atoms. The SMILES string of the molecule is CCC(C#N)C(=O)NCC1CCOCC1. The lowest BCUT2D eigenvalue weighted by Crippen LogP contribution is -2.35. The van der Waals surface area contributed by atoms with Gasteiger partial charge < -0.3 is 10.1 Å². The van der Waals surface area contributed by atoms with Crippen molar-refractivity contribution in [1.29, 1.82) is 5.26 Å². The van der Waals surface area contributed by atoms with Gasteiger partial charge in [0.15, 0.2) is 0 Å². The fraction of sp³-hybridized carbons (Fsp3) is 0.818. The molecule has 0 saturated carbocycles. The van der Waals surface area contributed by atoms with E-state index in [9.17, 15) is 4.79 Å². The van der Waals surface area contributed by atoms with Crippen molar-refractivity contribution in [1.82, 2.24) is 5.32 Å². The lowest BCUT2D eigenvalue weighted by molar-refractivity contribution is -0.123. The molecule has 1 rings (SSSR count). The number of carbonyl (C=O) groups excluding carboxylic acids is 1. The summed E-state index contributed by atoms with van der Waals surface area (Å²) in [4.78, 5) is 11.5. The average molecular weight is 210 g/mol. The first-order chi connectivity index (χ1) is 7.27. The highest BCUT2D eigenvalue weighted by atomic mass is 16.5. The molecule has 1 heterocycles. The lowest BCUT2D eigenvalue weighted by atomic mass is 10.00. The quantitative estimate of drug-likeness (QED) is 0.755. The van der Waals surface area contributed by atoms with Gasteiger partial charge in [0.05, 0.1) is 6.07 Å². The monoisotopic (exact) mass is 210 g/mol. The Morgan fingerprint density at radius 2 is 2.27 bits per heavy atom. The predicted octanol–water partition coefficient (Wildman–Crippen LogP) is 1.08. The van der Waals surface area contributed by atoms with Crippen LogP contribution in [0.25, 0.3) is 0 Å². The Hall–Kier alpha value is -1.08. The summed E-state index contributed by atoms with van der Waals surface area (Å²) in [6.45, 7) is 4.11. The van der Waals surface area contributed by atoms with Gasteiger partial charge in [-0.2, -0.15) is 5.26 Å². The summed E-state index contributed by atoms with van der Waals surface area (Å²) in [5.41, 5.74) is 0. The van der Waals surface area contributed by atoms with Gasteiger partial charge in [0.25, 0.3) is 0 Å². The molecule has 0 aromatic heterocycles. The molecule has 1 aliphatic heterocycles. The summed E-state index contributed by atoms with van der Waals surface area (Å²) in [5.74, 6) is -0.116. The molecule has 0 radical (unpaired) electrons. The Morgan fingerprint density at radius 1 is 1.60 bits per heavy atom. The maximum Gasteiger partial charge on any atom is 0.237 e. The van der Waals surface area contributed by atoms with E-state index in [1.807, 2.05) is 13.0 Å². The molecule has 0 aromatic rings. The van der Waals surface area contributed by atoms with Crippen LogP contribution in [0.3, 0.4) is 0 Å². The van der Waals surface area contributed by atoms with Crippen LogP contribution in [0.4, 0.5) is 0 Å². The maximum atomic E-state index is 11.5. The highest BCUT2D eigenvalue weighted by molar-refractivity contribution is 5.80. The van der Waals surface area contributed by atoms with Gasteiger partial charge in [-0.25, -0.2) is 0 Å². The molecule has 1 atom stereocenters. The number of nitrogens with one attached hydrogen (secondary N) is 1. The molecule has 1 amide bonds. The van der Waals surface area contributed by atoms with Gasteiger partial charge in [0, 0.05) is 19.8 Å². The number of rotatable bonds is 4. The largest absolute Gasteiger partial charge is 0.381 e. The van der Waals surface area contributed by atoms with Crippen molar-refractivity contribution in [2.45, 2.75) is 26.2 Å².